The molecule has 28 heavy (non-hydrogen) atoms. The van der Waals surface area contributed by atoms with E-state index in [4.69, 9.17) is 0 Å². The number of hydrogen-bond donors (Lipinski definition) is 0. The number of hydrogen-bond acceptors (Lipinski definition) is 3. The first-order valence-corrected chi connectivity index (χ1v) is 10.3. The maximum absolute atomic E-state index is 13.3. The van der Waals surface area contributed by atoms with Crippen molar-refractivity contribution in [1.82, 2.24) is 0 Å². The zero-order valence-electron chi connectivity index (χ0n) is 15.7. The Bertz CT molecular complexity index is 1110. The normalized spacial score (nSPS) is 11.5. The fourth-order valence-corrected chi connectivity index (χ4v) is 4.29. The molecule has 0 aliphatic heterocycles. The van der Waals surface area contributed by atoms with Crippen molar-refractivity contribution >= 4 is 27.7 Å². The summed E-state index contributed by atoms with van der Waals surface area (Å²) < 4.78 is 27.5. The van der Waals surface area contributed by atoms with E-state index in [0.717, 1.165) is 21.0 Å². The molecule has 0 saturated carbocycles. The molecule has 0 aromatic heterocycles. The Balaban J connectivity index is 2.11. The van der Waals surface area contributed by atoms with E-state index in [1.807, 2.05) is 50.2 Å². The van der Waals surface area contributed by atoms with Crippen LogP contribution in [0, 0.1) is 13.8 Å². The van der Waals surface area contributed by atoms with Gasteiger partial charge in [0.2, 0.25) is 0 Å². The average molecular weight is 391 g/mol. The topological polar surface area (TPSA) is 54.5 Å². The first-order chi connectivity index (χ1) is 13.4. The van der Waals surface area contributed by atoms with Crippen molar-refractivity contribution in [3.63, 3.8) is 0 Å². The van der Waals surface area contributed by atoms with Gasteiger partial charge < -0.3 is 0 Å². The third-order valence-corrected chi connectivity index (χ3v) is 6.22. The van der Waals surface area contributed by atoms with Crippen molar-refractivity contribution in [1.29, 1.82) is 0 Å². The number of benzene rings is 3. The van der Waals surface area contributed by atoms with Gasteiger partial charge in [0, 0.05) is 6.08 Å². The summed E-state index contributed by atoms with van der Waals surface area (Å²) in [6, 6.07) is 22.5. The van der Waals surface area contributed by atoms with Crippen LogP contribution in [0.1, 0.15) is 16.7 Å². The molecule has 1 amide bonds. The number of carbonyl (C=O) groups is 1. The number of rotatable bonds is 5. The van der Waals surface area contributed by atoms with Gasteiger partial charge in [-0.15, -0.1) is 0 Å². The van der Waals surface area contributed by atoms with Crippen LogP contribution in [0.3, 0.4) is 0 Å². The fraction of sp³-hybridized carbons (Fsp3) is 0.0870. The Morgan fingerprint density at radius 3 is 2.07 bits per heavy atom. The summed E-state index contributed by atoms with van der Waals surface area (Å²) in [6.45, 7) is 3.70. The van der Waals surface area contributed by atoms with Gasteiger partial charge in [-0.25, -0.2) is 8.42 Å². The molecular weight excluding hydrogens is 370 g/mol. The minimum atomic E-state index is -4.06. The molecule has 0 unspecified atom stereocenters. The van der Waals surface area contributed by atoms with E-state index in [2.05, 4.69) is 0 Å². The third kappa shape index (κ3) is 4.05. The maximum Gasteiger partial charge on any atom is 0.271 e. The highest BCUT2D eigenvalue weighted by molar-refractivity contribution is 7.93. The number of anilines is 1. The minimum absolute atomic E-state index is 0.0670. The molecule has 3 aromatic rings. The minimum Gasteiger partial charge on any atom is -0.268 e. The monoisotopic (exact) mass is 391 g/mol. The lowest BCUT2D eigenvalue weighted by atomic mass is 10.1. The second kappa shape index (κ2) is 8.23. The second-order valence-electron chi connectivity index (χ2n) is 6.38. The summed E-state index contributed by atoms with van der Waals surface area (Å²) in [4.78, 5) is 13.1. The maximum atomic E-state index is 13.3. The molecule has 0 radical (unpaired) electrons. The van der Waals surface area contributed by atoms with E-state index in [0.29, 0.717) is 5.69 Å². The number of sulfonamides is 1. The molecule has 142 valence electrons. The lowest BCUT2D eigenvalue weighted by Gasteiger charge is -2.24. The summed E-state index contributed by atoms with van der Waals surface area (Å²) in [6.07, 6.45) is 2.90. The Morgan fingerprint density at radius 2 is 1.43 bits per heavy atom. The molecule has 3 rings (SSSR count). The molecule has 3 aromatic carbocycles. The molecule has 0 saturated heterocycles. The van der Waals surface area contributed by atoms with E-state index < -0.39 is 15.9 Å². The highest BCUT2D eigenvalue weighted by atomic mass is 32.2. The first kappa shape index (κ1) is 19.6. The van der Waals surface area contributed by atoms with Gasteiger partial charge in [-0.2, -0.15) is 4.31 Å². The Morgan fingerprint density at radius 1 is 0.821 bits per heavy atom. The quantitative estimate of drug-likeness (QED) is 0.591. The van der Waals surface area contributed by atoms with Gasteiger partial charge in [0.15, 0.2) is 0 Å². The highest BCUT2D eigenvalue weighted by Crippen LogP contribution is 2.29. The van der Waals surface area contributed by atoms with Crippen LogP contribution in [0.4, 0.5) is 5.69 Å². The van der Waals surface area contributed by atoms with Crippen molar-refractivity contribution in [2.24, 2.45) is 0 Å². The van der Waals surface area contributed by atoms with E-state index in [9.17, 15) is 13.2 Å². The Hall–Kier alpha value is -3.18. The molecule has 0 spiro atoms. The van der Waals surface area contributed by atoms with Gasteiger partial charge >= 0.3 is 0 Å². The molecule has 0 aliphatic rings. The van der Waals surface area contributed by atoms with Crippen molar-refractivity contribution in [3.8, 4) is 0 Å². The van der Waals surface area contributed by atoms with Gasteiger partial charge in [0.1, 0.15) is 0 Å². The SMILES string of the molecule is Cc1cccc(N(C(=O)/C=C/c2ccccc2)S(=O)(=O)c2ccccc2)c1C. The van der Waals surface area contributed by atoms with Gasteiger partial charge in [-0.05, 0) is 54.8 Å². The van der Waals surface area contributed by atoms with Crippen LogP contribution >= 0.6 is 0 Å². The van der Waals surface area contributed by atoms with Crippen LogP contribution < -0.4 is 4.31 Å². The summed E-state index contributed by atoms with van der Waals surface area (Å²) in [7, 11) is -4.06. The van der Waals surface area contributed by atoms with Crippen LogP contribution in [0.2, 0.25) is 0 Å². The molecule has 0 bridgehead atoms. The number of amides is 1. The summed E-state index contributed by atoms with van der Waals surface area (Å²) >= 11 is 0. The largest absolute Gasteiger partial charge is 0.271 e. The first-order valence-electron chi connectivity index (χ1n) is 8.85. The predicted molar refractivity (Wildman–Crippen MR) is 113 cm³/mol. The third-order valence-electron chi connectivity index (χ3n) is 4.49. The zero-order valence-corrected chi connectivity index (χ0v) is 16.6. The van der Waals surface area contributed by atoms with Crippen LogP contribution in [-0.4, -0.2) is 14.3 Å². The van der Waals surface area contributed by atoms with Gasteiger partial charge in [-0.3, -0.25) is 4.79 Å². The summed E-state index contributed by atoms with van der Waals surface area (Å²) in [5.41, 5.74) is 2.81. The fourth-order valence-electron chi connectivity index (χ4n) is 2.82. The molecule has 5 heteroatoms. The van der Waals surface area contributed by atoms with E-state index in [-0.39, 0.29) is 4.90 Å². The smallest absolute Gasteiger partial charge is 0.268 e. The van der Waals surface area contributed by atoms with Crippen LogP contribution in [-0.2, 0) is 14.8 Å². The second-order valence-corrected chi connectivity index (χ2v) is 8.17. The van der Waals surface area contributed by atoms with E-state index in [1.54, 1.807) is 36.4 Å². The lowest BCUT2D eigenvalue weighted by molar-refractivity contribution is -0.113. The summed E-state index contributed by atoms with van der Waals surface area (Å²) in [5, 5.41) is 0. The van der Waals surface area contributed by atoms with Crippen molar-refractivity contribution in [2.75, 3.05) is 4.31 Å². The Kier molecular flexibility index (Phi) is 5.76. The molecule has 0 heterocycles. The number of nitrogens with zero attached hydrogens (tertiary/aromatic N) is 1. The predicted octanol–water partition coefficient (Wildman–Crippen LogP) is 4.74. The van der Waals surface area contributed by atoms with Crippen LogP contribution in [0.15, 0.2) is 89.8 Å². The van der Waals surface area contributed by atoms with Crippen LogP contribution in [0.5, 0.6) is 0 Å². The van der Waals surface area contributed by atoms with Gasteiger partial charge in [0.25, 0.3) is 15.9 Å². The van der Waals surface area contributed by atoms with Crippen molar-refractivity contribution in [2.45, 2.75) is 18.7 Å². The lowest BCUT2D eigenvalue weighted by Crippen LogP contribution is -2.36. The average Bonchev–Trinajstić information content (AvgIpc) is 2.71. The highest BCUT2D eigenvalue weighted by Gasteiger charge is 2.30. The van der Waals surface area contributed by atoms with Crippen molar-refractivity contribution in [3.05, 3.63) is 102 Å². The standard InChI is InChI=1S/C23H21NO3S/c1-18-10-9-15-22(19(18)2)24(28(26,27)21-13-7-4-8-14-21)23(25)17-16-20-11-5-3-6-12-20/h3-17H,1-2H3/b17-16+. The molecule has 0 aliphatic carbocycles. The molecular formula is C23H21NO3S. The van der Waals surface area contributed by atoms with Gasteiger partial charge in [-0.1, -0.05) is 60.7 Å². The van der Waals surface area contributed by atoms with Crippen LogP contribution in [0.25, 0.3) is 6.08 Å². The van der Waals surface area contributed by atoms with Gasteiger partial charge in [0.05, 0.1) is 10.6 Å². The molecule has 0 atom stereocenters. The molecule has 0 N–H and O–H groups in total. The summed E-state index contributed by atoms with van der Waals surface area (Å²) in [5.74, 6) is -0.624. The number of aryl methyl sites for hydroxylation is 1. The molecule has 4 nitrogen and oxygen atoms in total. The molecule has 0 fully saturated rings. The Labute approximate surface area is 165 Å². The van der Waals surface area contributed by atoms with Crippen molar-refractivity contribution < 1.29 is 13.2 Å². The number of carbonyl (C=O) groups excluding carboxylic acids is 1. The zero-order chi connectivity index (χ0) is 20.1. The van der Waals surface area contributed by atoms with E-state index in [1.165, 1.54) is 18.2 Å². The van der Waals surface area contributed by atoms with E-state index >= 15 is 0 Å².